The van der Waals surface area contributed by atoms with Crippen molar-refractivity contribution < 1.29 is 4.79 Å². The van der Waals surface area contributed by atoms with Gasteiger partial charge in [-0.15, -0.1) is 0 Å². The number of piperidine rings is 1. The second-order valence-corrected chi connectivity index (χ2v) is 4.78. The Balaban J connectivity index is 1.87. The molecule has 2 rings (SSSR count). The molecule has 0 aliphatic carbocycles. The lowest BCUT2D eigenvalue weighted by molar-refractivity contribution is -0.136. The maximum absolute atomic E-state index is 12.2. The van der Waals surface area contributed by atoms with Crippen molar-refractivity contribution in [1.82, 2.24) is 10.2 Å². The van der Waals surface area contributed by atoms with Gasteiger partial charge in [-0.2, -0.15) is 0 Å². The minimum atomic E-state index is 0.261. The smallest absolute Gasteiger partial charge is 0.226 e. The third-order valence-electron chi connectivity index (χ3n) is 3.56. The maximum atomic E-state index is 12.2. The standard InChI is InChI=1S/C12H22N2O/c15-12(11-6-5-7-13-10-11)14-8-3-1-2-4-9-14/h11,13H,1-10H2. The van der Waals surface area contributed by atoms with E-state index in [9.17, 15) is 4.79 Å². The summed E-state index contributed by atoms with van der Waals surface area (Å²) in [6, 6.07) is 0. The van der Waals surface area contributed by atoms with E-state index in [-0.39, 0.29) is 5.92 Å². The van der Waals surface area contributed by atoms with Gasteiger partial charge >= 0.3 is 0 Å². The molecule has 3 heteroatoms. The molecule has 2 fully saturated rings. The summed E-state index contributed by atoms with van der Waals surface area (Å²) in [5, 5.41) is 3.32. The van der Waals surface area contributed by atoms with Crippen LogP contribution in [0.3, 0.4) is 0 Å². The van der Waals surface area contributed by atoms with Crippen LogP contribution in [0.25, 0.3) is 0 Å². The van der Waals surface area contributed by atoms with Gasteiger partial charge in [0.25, 0.3) is 0 Å². The Morgan fingerprint density at radius 2 is 1.80 bits per heavy atom. The Bertz CT molecular complexity index is 204. The minimum absolute atomic E-state index is 0.261. The normalized spacial score (nSPS) is 28.5. The summed E-state index contributed by atoms with van der Waals surface area (Å²) in [5.74, 6) is 0.668. The van der Waals surface area contributed by atoms with Crippen molar-refractivity contribution >= 4 is 5.91 Å². The van der Waals surface area contributed by atoms with Crippen LogP contribution in [0, 0.1) is 5.92 Å². The SMILES string of the molecule is O=C(C1CCCNC1)N1CCCCCC1. The third kappa shape index (κ3) is 2.94. The summed E-state index contributed by atoms with van der Waals surface area (Å²) in [5.41, 5.74) is 0. The highest BCUT2D eigenvalue weighted by Gasteiger charge is 2.25. The fourth-order valence-electron chi connectivity index (χ4n) is 2.61. The molecule has 2 aliphatic heterocycles. The monoisotopic (exact) mass is 210 g/mol. The number of nitrogens with zero attached hydrogens (tertiary/aromatic N) is 1. The first-order chi connectivity index (χ1) is 7.38. The van der Waals surface area contributed by atoms with Crippen molar-refractivity contribution in [1.29, 1.82) is 0 Å². The maximum Gasteiger partial charge on any atom is 0.226 e. The van der Waals surface area contributed by atoms with E-state index in [1.807, 2.05) is 0 Å². The van der Waals surface area contributed by atoms with Crippen LogP contribution in [0.2, 0.25) is 0 Å². The fourth-order valence-corrected chi connectivity index (χ4v) is 2.61. The lowest BCUT2D eigenvalue weighted by atomic mass is 9.98. The molecule has 2 heterocycles. The van der Waals surface area contributed by atoms with Gasteiger partial charge in [-0.05, 0) is 32.2 Å². The van der Waals surface area contributed by atoms with Crippen molar-refractivity contribution in [2.45, 2.75) is 38.5 Å². The van der Waals surface area contributed by atoms with Gasteiger partial charge in [0.15, 0.2) is 0 Å². The molecule has 15 heavy (non-hydrogen) atoms. The third-order valence-corrected chi connectivity index (χ3v) is 3.56. The van der Waals surface area contributed by atoms with Gasteiger partial charge in [0.05, 0.1) is 5.92 Å². The predicted molar refractivity (Wildman–Crippen MR) is 60.6 cm³/mol. The number of hydrogen-bond acceptors (Lipinski definition) is 2. The molecule has 0 aromatic heterocycles. The lowest BCUT2D eigenvalue weighted by Gasteiger charge is -2.28. The molecule has 3 nitrogen and oxygen atoms in total. The first kappa shape index (κ1) is 10.9. The number of carbonyl (C=O) groups excluding carboxylic acids is 1. The minimum Gasteiger partial charge on any atom is -0.342 e. The molecule has 1 unspecified atom stereocenters. The van der Waals surface area contributed by atoms with E-state index in [0.29, 0.717) is 5.91 Å². The second kappa shape index (κ2) is 5.50. The lowest BCUT2D eigenvalue weighted by Crippen LogP contribution is -2.43. The van der Waals surface area contributed by atoms with Gasteiger partial charge in [-0.1, -0.05) is 12.8 Å². The van der Waals surface area contributed by atoms with Gasteiger partial charge in [-0.3, -0.25) is 4.79 Å². The van der Waals surface area contributed by atoms with E-state index in [0.717, 1.165) is 39.0 Å². The average Bonchev–Trinajstić information content (AvgIpc) is 2.58. The Morgan fingerprint density at radius 3 is 2.40 bits per heavy atom. The van der Waals surface area contributed by atoms with Crippen LogP contribution in [0.4, 0.5) is 0 Å². The quantitative estimate of drug-likeness (QED) is 0.709. The molecule has 2 saturated heterocycles. The topological polar surface area (TPSA) is 32.3 Å². The molecule has 0 spiro atoms. The molecular formula is C12H22N2O. The summed E-state index contributed by atoms with van der Waals surface area (Å²) in [6.07, 6.45) is 7.24. The summed E-state index contributed by atoms with van der Waals surface area (Å²) >= 11 is 0. The van der Waals surface area contributed by atoms with Crippen molar-refractivity contribution in [2.75, 3.05) is 26.2 Å². The number of hydrogen-bond donors (Lipinski definition) is 1. The predicted octanol–water partition coefficient (Wildman–Crippen LogP) is 1.39. The zero-order valence-corrected chi connectivity index (χ0v) is 9.50. The molecule has 2 aliphatic rings. The van der Waals surface area contributed by atoms with Crippen LogP contribution < -0.4 is 5.32 Å². The number of rotatable bonds is 1. The summed E-state index contributed by atoms with van der Waals surface area (Å²) < 4.78 is 0. The molecule has 86 valence electrons. The zero-order valence-electron chi connectivity index (χ0n) is 9.50. The molecular weight excluding hydrogens is 188 g/mol. The Kier molecular flexibility index (Phi) is 4.01. The highest BCUT2D eigenvalue weighted by molar-refractivity contribution is 5.79. The van der Waals surface area contributed by atoms with Gasteiger partial charge < -0.3 is 10.2 Å². The van der Waals surface area contributed by atoms with Crippen LogP contribution in [-0.4, -0.2) is 37.0 Å². The number of amides is 1. The van der Waals surface area contributed by atoms with Crippen molar-refractivity contribution in [3.05, 3.63) is 0 Å². The van der Waals surface area contributed by atoms with Crippen molar-refractivity contribution in [3.63, 3.8) is 0 Å². The zero-order chi connectivity index (χ0) is 10.5. The molecule has 1 amide bonds. The average molecular weight is 210 g/mol. The van der Waals surface area contributed by atoms with Crippen LogP contribution in [0.1, 0.15) is 38.5 Å². The molecule has 0 radical (unpaired) electrons. The van der Waals surface area contributed by atoms with Gasteiger partial charge in [0.2, 0.25) is 5.91 Å². The summed E-state index contributed by atoms with van der Waals surface area (Å²) in [7, 11) is 0. The van der Waals surface area contributed by atoms with Gasteiger partial charge in [0, 0.05) is 19.6 Å². The van der Waals surface area contributed by atoms with E-state index in [1.54, 1.807) is 0 Å². The Hall–Kier alpha value is -0.570. The largest absolute Gasteiger partial charge is 0.342 e. The van der Waals surface area contributed by atoms with Crippen LogP contribution in [0.5, 0.6) is 0 Å². The van der Waals surface area contributed by atoms with E-state index >= 15 is 0 Å². The van der Waals surface area contributed by atoms with Crippen molar-refractivity contribution in [2.24, 2.45) is 5.92 Å². The summed E-state index contributed by atoms with van der Waals surface area (Å²) in [6.45, 7) is 3.98. The molecule has 1 atom stereocenters. The molecule has 0 aromatic rings. The van der Waals surface area contributed by atoms with E-state index in [2.05, 4.69) is 10.2 Å². The van der Waals surface area contributed by atoms with Gasteiger partial charge in [-0.25, -0.2) is 0 Å². The van der Waals surface area contributed by atoms with E-state index in [4.69, 9.17) is 0 Å². The van der Waals surface area contributed by atoms with E-state index < -0.39 is 0 Å². The summed E-state index contributed by atoms with van der Waals surface area (Å²) in [4.78, 5) is 14.3. The van der Waals surface area contributed by atoms with E-state index in [1.165, 1.54) is 25.7 Å². The molecule has 0 aromatic carbocycles. The first-order valence-corrected chi connectivity index (χ1v) is 6.37. The number of likely N-dealkylation sites (tertiary alicyclic amines) is 1. The highest BCUT2D eigenvalue weighted by Crippen LogP contribution is 2.17. The Morgan fingerprint density at radius 1 is 1.07 bits per heavy atom. The molecule has 1 N–H and O–H groups in total. The van der Waals surface area contributed by atoms with Crippen LogP contribution >= 0.6 is 0 Å². The van der Waals surface area contributed by atoms with Crippen molar-refractivity contribution in [3.8, 4) is 0 Å². The highest BCUT2D eigenvalue weighted by atomic mass is 16.2. The molecule has 0 saturated carbocycles. The number of carbonyl (C=O) groups is 1. The van der Waals surface area contributed by atoms with Gasteiger partial charge in [0.1, 0.15) is 0 Å². The van der Waals surface area contributed by atoms with Crippen LogP contribution in [0.15, 0.2) is 0 Å². The molecule has 0 bridgehead atoms. The number of nitrogens with one attached hydrogen (secondary N) is 1. The first-order valence-electron chi connectivity index (χ1n) is 6.37. The van der Waals surface area contributed by atoms with Crippen LogP contribution in [-0.2, 0) is 4.79 Å². The second-order valence-electron chi connectivity index (χ2n) is 4.78. The fraction of sp³-hybridized carbons (Fsp3) is 0.917. The Labute approximate surface area is 92.2 Å².